The summed E-state index contributed by atoms with van der Waals surface area (Å²) in [6.07, 6.45) is 0.723. The van der Waals surface area contributed by atoms with Gasteiger partial charge in [-0.15, -0.1) is 0 Å². The highest BCUT2D eigenvalue weighted by Gasteiger charge is 2.21. The van der Waals surface area contributed by atoms with Gasteiger partial charge < -0.3 is 14.4 Å². The van der Waals surface area contributed by atoms with Crippen molar-refractivity contribution in [3.8, 4) is 11.5 Å². The molecule has 0 aliphatic carbocycles. The van der Waals surface area contributed by atoms with E-state index < -0.39 is 0 Å². The number of benzene rings is 2. The summed E-state index contributed by atoms with van der Waals surface area (Å²) in [5, 5.41) is 0. The smallest absolute Gasteiger partial charge is 0.260 e. The third kappa shape index (κ3) is 5.81. The molecule has 1 aliphatic rings. The maximum absolute atomic E-state index is 12.4. The third-order valence-corrected chi connectivity index (χ3v) is 5.09. The van der Waals surface area contributed by atoms with Gasteiger partial charge in [-0.2, -0.15) is 0 Å². The Morgan fingerprint density at radius 1 is 1.04 bits per heavy atom. The largest absolute Gasteiger partial charge is 0.492 e. The third-order valence-electron chi connectivity index (χ3n) is 4.59. The first-order valence-electron chi connectivity index (χ1n) is 9.21. The molecule has 7 heteroatoms. The molecule has 0 N–H and O–H groups in total. The number of carbonyl (C=O) groups excluding carboxylic acids is 2. The molecule has 2 aromatic rings. The van der Waals surface area contributed by atoms with Gasteiger partial charge in [0.05, 0.1) is 5.56 Å². The van der Waals surface area contributed by atoms with Gasteiger partial charge in [0, 0.05) is 37.2 Å². The second kappa shape index (κ2) is 10.2. The highest BCUT2D eigenvalue weighted by Crippen LogP contribution is 2.21. The maximum atomic E-state index is 12.4. The van der Waals surface area contributed by atoms with E-state index in [1.54, 1.807) is 23.1 Å². The molecule has 0 spiro atoms. The zero-order valence-electron chi connectivity index (χ0n) is 15.6. The Labute approximate surface area is 173 Å². The summed E-state index contributed by atoms with van der Waals surface area (Å²) < 4.78 is 12.1. The topological polar surface area (TPSA) is 59.1 Å². The van der Waals surface area contributed by atoms with Gasteiger partial charge in [0.25, 0.3) is 5.91 Å². The summed E-state index contributed by atoms with van der Waals surface area (Å²) in [5.74, 6) is 1.22. The van der Waals surface area contributed by atoms with Crippen LogP contribution in [0, 0.1) is 0 Å². The van der Waals surface area contributed by atoms with Crippen molar-refractivity contribution in [1.82, 2.24) is 9.80 Å². The van der Waals surface area contributed by atoms with Gasteiger partial charge in [0.15, 0.2) is 12.9 Å². The predicted molar refractivity (Wildman–Crippen MR) is 110 cm³/mol. The molecule has 0 atom stereocenters. The average molecular weight is 447 g/mol. The van der Waals surface area contributed by atoms with E-state index in [0.717, 1.165) is 36.1 Å². The fraction of sp³-hybridized carbons (Fsp3) is 0.333. The maximum Gasteiger partial charge on any atom is 0.260 e. The van der Waals surface area contributed by atoms with Crippen LogP contribution >= 0.6 is 15.9 Å². The van der Waals surface area contributed by atoms with Crippen molar-refractivity contribution in [3.05, 3.63) is 58.6 Å². The number of carbonyl (C=O) groups is 2. The second-order valence-electron chi connectivity index (χ2n) is 6.47. The monoisotopic (exact) mass is 446 g/mol. The van der Waals surface area contributed by atoms with E-state index in [4.69, 9.17) is 9.47 Å². The quantitative estimate of drug-likeness (QED) is 0.583. The van der Waals surface area contributed by atoms with Gasteiger partial charge in [-0.25, -0.2) is 0 Å². The van der Waals surface area contributed by atoms with E-state index in [1.165, 1.54) is 0 Å². The molecule has 1 fully saturated rings. The number of para-hydroxylation sites is 1. The van der Waals surface area contributed by atoms with Gasteiger partial charge in [-0.1, -0.05) is 34.1 Å². The standard InChI is InChI=1S/C21H23BrN2O4/c22-18-6-7-20(17(14-18)15-25)28-16-21(26)24-10-8-23(9-11-24)12-13-27-19-4-2-1-3-5-19/h1-7,14-15H,8-13,16H2. The minimum atomic E-state index is -0.0699. The number of aldehydes is 1. The Balaban J connectivity index is 1.38. The number of halogens is 1. The highest BCUT2D eigenvalue weighted by atomic mass is 79.9. The highest BCUT2D eigenvalue weighted by molar-refractivity contribution is 9.10. The molecule has 3 rings (SSSR count). The summed E-state index contributed by atoms with van der Waals surface area (Å²) in [7, 11) is 0. The van der Waals surface area contributed by atoms with E-state index in [9.17, 15) is 9.59 Å². The molecule has 0 aromatic heterocycles. The Kier molecular flexibility index (Phi) is 7.45. The zero-order chi connectivity index (χ0) is 19.8. The van der Waals surface area contributed by atoms with Crippen molar-refractivity contribution in [3.63, 3.8) is 0 Å². The van der Waals surface area contributed by atoms with E-state index >= 15 is 0 Å². The van der Waals surface area contributed by atoms with Crippen molar-refractivity contribution < 1.29 is 19.1 Å². The van der Waals surface area contributed by atoms with Crippen molar-refractivity contribution in [1.29, 1.82) is 0 Å². The van der Waals surface area contributed by atoms with Crippen molar-refractivity contribution in [2.45, 2.75) is 0 Å². The van der Waals surface area contributed by atoms with E-state index in [1.807, 2.05) is 30.3 Å². The first-order valence-corrected chi connectivity index (χ1v) is 10.0. The lowest BCUT2D eigenvalue weighted by Crippen LogP contribution is -2.50. The summed E-state index contributed by atoms with van der Waals surface area (Å²) in [5.41, 5.74) is 0.422. The van der Waals surface area contributed by atoms with Gasteiger partial charge in [-0.05, 0) is 30.3 Å². The Hall–Kier alpha value is -2.38. The Bertz CT molecular complexity index is 792. The summed E-state index contributed by atoms with van der Waals surface area (Å²) in [4.78, 5) is 27.6. The molecular weight excluding hydrogens is 424 g/mol. The van der Waals surface area contributed by atoms with Gasteiger partial charge >= 0.3 is 0 Å². The van der Waals surface area contributed by atoms with Crippen LogP contribution in [0.25, 0.3) is 0 Å². The number of amides is 1. The van der Waals surface area contributed by atoms with Crippen molar-refractivity contribution in [2.24, 2.45) is 0 Å². The molecule has 1 heterocycles. The van der Waals surface area contributed by atoms with Crippen LogP contribution in [0.4, 0.5) is 0 Å². The summed E-state index contributed by atoms with van der Waals surface area (Å²) >= 11 is 3.31. The Morgan fingerprint density at radius 3 is 2.50 bits per heavy atom. The molecule has 0 saturated carbocycles. The van der Waals surface area contributed by atoms with E-state index in [-0.39, 0.29) is 12.5 Å². The number of rotatable bonds is 8. The lowest BCUT2D eigenvalue weighted by molar-refractivity contribution is -0.135. The van der Waals surface area contributed by atoms with Gasteiger partial charge in [0.2, 0.25) is 0 Å². The molecule has 2 aromatic carbocycles. The second-order valence-corrected chi connectivity index (χ2v) is 7.39. The fourth-order valence-electron chi connectivity index (χ4n) is 3.00. The number of ether oxygens (including phenoxy) is 2. The molecule has 28 heavy (non-hydrogen) atoms. The van der Waals surface area contributed by atoms with Crippen LogP contribution < -0.4 is 9.47 Å². The minimum Gasteiger partial charge on any atom is -0.492 e. The minimum absolute atomic E-state index is 0.0695. The normalized spacial score (nSPS) is 14.5. The van der Waals surface area contributed by atoms with Crippen LogP contribution in [-0.2, 0) is 4.79 Å². The lowest BCUT2D eigenvalue weighted by Gasteiger charge is -2.34. The molecule has 148 valence electrons. The van der Waals surface area contributed by atoms with Gasteiger partial charge in [0.1, 0.15) is 18.1 Å². The molecular formula is C21H23BrN2O4. The first kappa shape index (κ1) is 20.4. The summed E-state index contributed by atoms with van der Waals surface area (Å²) in [6.45, 7) is 4.32. The average Bonchev–Trinajstić information content (AvgIpc) is 2.74. The van der Waals surface area contributed by atoms with E-state index in [2.05, 4.69) is 20.8 Å². The number of hydrogen-bond acceptors (Lipinski definition) is 5. The van der Waals surface area contributed by atoms with Crippen LogP contribution in [0.3, 0.4) is 0 Å². The number of piperazine rings is 1. The number of hydrogen-bond donors (Lipinski definition) is 0. The molecule has 1 amide bonds. The molecule has 0 radical (unpaired) electrons. The van der Waals surface area contributed by atoms with E-state index in [0.29, 0.717) is 31.0 Å². The van der Waals surface area contributed by atoms with Gasteiger partial charge in [-0.3, -0.25) is 14.5 Å². The Morgan fingerprint density at radius 2 is 1.79 bits per heavy atom. The molecule has 0 unspecified atom stereocenters. The van der Waals surface area contributed by atoms with Crippen LogP contribution in [0.2, 0.25) is 0 Å². The molecule has 0 bridgehead atoms. The van der Waals surface area contributed by atoms with Crippen molar-refractivity contribution >= 4 is 28.1 Å². The fourth-order valence-corrected chi connectivity index (χ4v) is 3.38. The SMILES string of the molecule is O=Cc1cc(Br)ccc1OCC(=O)N1CCN(CCOc2ccccc2)CC1. The van der Waals surface area contributed by atoms with Crippen LogP contribution in [0.15, 0.2) is 53.0 Å². The van der Waals surface area contributed by atoms with Crippen LogP contribution in [0.5, 0.6) is 11.5 Å². The van der Waals surface area contributed by atoms with Crippen LogP contribution in [-0.4, -0.2) is 67.9 Å². The predicted octanol–water partition coefficient (Wildman–Crippen LogP) is 2.86. The first-order chi connectivity index (χ1) is 13.7. The zero-order valence-corrected chi connectivity index (χ0v) is 17.1. The van der Waals surface area contributed by atoms with Crippen LogP contribution in [0.1, 0.15) is 10.4 Å². The molecule has 1 saturated heterocycles. The number of nitrogens with zero attached hydrogens (tertiary/aromatic N) is 2. The molecule has 1 aliphatic heterocycles. The van der Waals surface area contributed by atoms with Crippen molar-refractivity contribution in [2.75, 3.05) is 45.9 Å². The molecule has 6 nitrogen and oxygen atoms in total. The summed E-state index contributed by atoms with van der Waals surface area (Å²) in [6, 6.07) is 14.9. The lowest BCUT2D eigenvalue weighted by atomic mass is 10.2.